The second-order valence-corrected chi connectivity index (χ2v) is 8.16. The van der Waals surface area contributed by atoms with E-state index in [1.54, 1.807) is 6.07 Å². The van der Waals surface area contributed by atoms with Gasteiger partial charge in [-0.1, -0.05) is 42.5 Å². The maximum absolute atomic E-state index is 12.4. The summed E-state index contributed by atoms with van der Waals surface area (Å²) in [4.78, 5) is 11.3. The molecular weight excluding hydrogens is 376 g/mol. The molecule has 0 amide bonds. The molecule has 0 saturated heterocycles. The molecule has 5 nitrogen and oxygen atoms in total. The van der Waals surface area contributed by atoms with Crippen molar-refractivity contribution in [3.8, 4) is 5.75 Å². The number of aryl methyl sites for hydroxylation is 3. The fraction of sp³-hybridized carbons (Fsp3) is 0.318. The van der Waals surface area contributed by atoms with E-state index in [9.17, 15) is 9.00 Å². The first-order chi connectivity index (χ1) is 13.6. The molecule has 1 aromatic heterocycles. The van der Waals surface area contributed by atoms with Gasteiger partial charge >= 0.3 is 5.97 Å². The molecule has 0 aliphatic heterocycles. The normalized spacial score (nSPS) is 12.1. The Morgan fingerprint density at radius 3 is 2.54 bits per heavy atom. The van der Waals surface area contributed by atoms with Gasteiger partial charge in [0.1, 0.15) is 5.76 Å². The van der Waals surface area contributed by atoms with E-state index in [2.05, 4.69) is 16.9 Å². The van der Waals surface area contributed by atoms with Crippen molar-refractivity contribution < 1.29 is 22.9 Å². The Balaban J connectivity index is 1.65. The zero-order valence-corrected chi connectivity index (χ0v) is 16.9. The SMILES string of the molecule is COC(=O)COc1cccc2c(CCS(=O)CCc3ccccc3)c(C)oc12. The van der Waals surface area contributed by atoms with E-state index in [1.807, 2.05) is 37.3 Å². The summed E-state index contributed by atoms with van der Waals surface area (Å²) < 4.78 is 28.5. The fourth-order valence-corrected chi connectivity index (χ4v) is 4.18. The van der Waals surface area contributed by atoms with Gasteiger partial charge in [-0.3, -0.25) is 4.21 Å². The van der Waals surface area contributed by atoms with Crippen molar-refractivity contribution in [2.75, 3.05) is 25.2 Å². The van der Waals surface area contributed by atoms with Crippen molar-refractivity contribution in [1.29, 1.82) is 0 Å². The fourth-order valence-electron chi connectivity index (χ4n) is 3.08. The van der Waals surface area contributed by atoms with Crippen LogP contribution in [0.15, 0.2) is 52.9 Å². The van der Waals surface area contributed by atoms with Gasteiger partial charge in [-0.15, -0.1) is 0 Å². The van der Waals surface area contributed by atoms with E-state index >= 15 is 0 Å². The molecule has 0 N–H and O–H groups in total. The second kappa shape index (κ2) is 9.55. The van der Waals surface area contributed by atoms with Crippen LogP contribution in [0, 0.1) is 6.92 Å². The van der Waals surface area contributed by atoms with E-state index in [0.29, 0.717) is 29.3 Å². The number of benzene rings is 2. The number of hydrogen-bond acceptors (Lipinski definition) is 5. The number of furan rings is 1. The zero-order valence-electron chi connectivity index (χ0n) is 16.1. The molecule has 0 radical (unpaired) electrons. The minimum Gasteiger partial charge on any atom is -0.478 e. The van der Waals surface area contributed by atoms with Crippen LogP contribution in [0.3, 0.4) is 0 Å². The maximum atomic E-state index is 12.4. The number of esters is 1. The Morgan fingerprint density at radius 2 is 1.79 bits per heavy atom. The first-order valence-corrected chi connectivity index (χ1v) is 10.7. The third kappa shape index (κ3) is 5.01. The number of fused-ring (bicyclic) bond motifs is 1. The van der Waals surface area contributed by atoms with Gasteiger partial charge in [-0.25, -0.2) is 4.79 Å². The second-order valence-electron chi connectivity index (χ2n) is 6.47. The molecule has 1 heterocycles. The monoisotopic (exact) mass is 400 g/mol. The van der Waals surface area contributed by atoms with Gasteiger partial charge in [0, 0.05) is 33.3 Å². The minimum absolute atomic E-state index is 0.172. The first-order valence-electron chi connectivity index (χ1n) is 9.18. The molecule has 0 aliphatic rings. The number of para-hydroxylation sites is 1. The summed E-state index contributed by atoms with van der Waals surface area (Å²) in [6, 6.07) is 15.7. The number of hydrogen-bond donors (Lipinski definition) is 0. The highest BCUT2D eigenvalue weighted by atomic mass is 32.2. The van der Waals surface area contributed by atoms with Crippen molar-refractivity contribution in [3.63, 3.8) is 0 Å². The standard InChI is InChI=1S/C22H24O5S/c1-16-18(12-14-28(24)13-11-17-7-4-3-5-8-17)19-9-6-10-20(22(19)27-16)26-15-21(23)25-2/h3-10H,11-15H2,1-2H3. The van der Waals surface area contributed by atoms with E-state index in [-0.39, 0.29) is 6.61 Å². The van der Waals surface area contributed by atoms with Crippen molar-refractivity contribution in [2.45, 2.75) is 19.8 Å². The van der Waals surface area contributed by atoms with Crippen molar-refractivity contribution in [2.24, 2.45) is 0 Å². The highest BCUT2D eigenvalue weighted by Gasteiger charge is 2.16. The Labute approximate surface area is 167 Å². The topological polar surface area (TPSA) is 65.7 Å². The number of ether oxygens (including phenoxy) is 2. The molecule has 1 atom stereocenters. The van der Waals surface area contributed by atoms with Crippen LogP contribution in [0.25, 0.3) is 11.0 Å². The summed E-state index contributed by atoms with van der Waals surface area (Å²) in [5, 5.41) is 0.930. The number of carbonyl (C=O) groups excluding carboxylic acids is 1. The molecule has 28 heavy (non-hydrogen) atoms. The molecule has 3 rings (SSSR count). The van der Waals surface area contributed by atoms with Crippen LogP contribution in [0.2, 0.25) is 0 Å². The average Bonchev–Trinajstić information content (AvgIpc) is 3.05. The number of rotatable bonds is 9. The highest BCUT2D eigenvalue weighted by molar-refractivity contribution is 7.84. The minimum atomic E-state index is -0.907. The van der Waals surface area contributed by atoms with Crippen LogP contribution in [0.1, 0.15) is 16.9 Å². The van der Waals surface area contributed by atoms with Gasteiger partial charge in [0.05, 0.1) is 7.11 Å². The molecule has 0 bridgehead atoms. The molecule has 1 unspecified atom stereocenters. The summed E-state index contributed by atoms with van der Waals surface area (Å²) in [5.41, 5.74) is 2.84. The first kappa shape index (κ1) is 20.1. The highest BCUT2D eigenvalue weighted by Crippen LogP contribution is 2.33. The zero-order chi connectivity index (χ0) is 19.9. The van der Waals surface area contributed by atoms with Gasteiger partial charge in [0.25, 0.3) is 0 Å². The van der Waals surface area contributed by atoms with Crippen LogP contribution in [-0.2, 0) is 33.2 Å². The Hall–Kier alpha value is -2.60. The number of methoxy groups -OCH3 is 1. The number of carbonyl (C=O) groups is 1. The third-order valence-corrected chi connectivity index (χ3v) is 5.92. The molecule has 0 saturated carbocycles. The average molecular weight is 400 g/mol. The third-order valence-electron chi connectivity index (χ3n) is 4.60. The molecule has 6 heteroatoms. The predicted octanol–water partition coefficient (Wildman–Crippen LogP) is 3.83. The van der Waals surface area contributed by atoms with Gasteiger partial charge < -0.3 is 13.9 Å². The Bertz CT molecular complexity index is 962. The lowest BCUT2D eigenvalue weighted by Crippen LogP contribution is -2.12. The maximum Gasteiger partial charge on any atom is 0.343 e. The van der Waals surface area contributed by atoms with Crippen molar-refractivity contribution in [3.05, 3.63) is 65.4 Å². The molecule has 0 aliphatic carbocycles. The predicted molar refractivity (Wildman–Crippen MR) is 110 cm³/mol. The van der Waals surface area contributed by atoms with Gasteiger partial charge in [-0.05, 0) is 31.4 Å². The van der Waals surface area contributed by atoms with E-state index in [0.717, 1.165) is 23.1 Å². The molecule has 148 valence electrons. The lowest BCUT2D eigenvalue weighted by atomic mass is 10.1. The lowest BCUT2D eigenvalue weighted by Gasteiger charge is -2.05. The Morgan fingerprint density at radius 1 is 1.04 bits per heavy atom. The Kier molecular flexibility index (Phi) is 6.87. The van der Waals surface area contributed by atoms with Crippen LogP contribution in [-0.4, -0.2) is 35.4 Å². The molecule has 2 aromatic carbocycles. The van der Waals surface area contributed by atoms with E-state index in [1.165, 1.54) is 12.7 Å². The van der Waals surface area contributed by atoms with Crippen molar-refractivity contribution in [1.82, 2.24) is 0 Å². The van der Waals surface area contributed by atoms with Crippen LogP contribution >= 0.6 is 0 Å². The summed E-state index contributed by atoms with van der Waals surface area (Å²) in [6.45, 7) is 1.72. The molecule has 3 aromatic rings. The molecule has 0 fully saturated rings. The smallest absolute Gasteiger partial charge is 0.343 e. The van der Waals surface area contributed by atoms with Crippen LogP contribution in [0.4, 0.5) is 0 Å². The lowest BCUT2D eigenvalue weighted by molar-refractivity contribution is -0.142. The quantitative estimate of drug-likeness (QED) is 0.511. The summed E-state index contributed by atoms with van der Waals surface area (Å²) in [5.74, 6) is 2.06. The van der Waals surface area contributed by atoms with E-state index in [4.69, 9.17) is 9.15 Å². The van der Waals surface area contributed by atoms with Crippen LogP contribution < -0.4 is 4.74 Å². The largest absolute Gasteiger partial charge is 0.478 e. The van der Waals surface area contributed by atoms with Gasteiger partial charge in [0.15, 0.2) is 17.9 Å². The summed E-state index contributed by atoms with van der Waals surface area (Å²) >= 11 is 0. The van der Waals surface area contributed by atoms with Gasteiger partial charge in [-0.2, -0.15) is 0 Å². The summed E-state index contributed by atoms with van der Waals surface area (Å²) in [7, 11) is 0.412. The van der Waals surface area contributed by atoms with E-state index < -0.39 is 16.8 Å². The van der Waals surface area contributed by atoms with Crippen LogP contribution in [0.5, 0.6) is 5.75 Å². The molecular formula is C22H24O5S. The summed E-state index contributed by atoms with van der Waals surface area (Å²) in [6.07, 6.45) is 1.48. The van der Waals surface area contributed by atoms with Crippen molar-refractivity contribution >= 4 is 27.7 Å². The molecule has 0 spiro atoms. The van der Waals surface area contributed by atoms with Gasteiger partial charge in [0.2, 0.25) is 0 Å².